The van der Waals surface area contributed by atoms with Crippen molar-refractivity contribution in [3.05, 3.63) is 35.4 Å². The van der Waals surface area contributed by atoms with Crippen LogP contribution in [0.2, 0.25) is 0 Å². The molecule has 0 aliphatic heterocycles. The van der Waals surface area contributed by atoms with Gasteiger partial charge >= 0.3 is 0 Å². The van der Waals surface area contributed by atoms with Gasteiger partial charge in [0, 0.05) is 25.3 Å². The Morgan fingerprint density at radius 1 is 1.17 bits per heavy atom. The minimum Gasteiger partial charge on any atom is -0.380 e. The Bertz CT molecular complexity index is 325. The van der Waals surface area contributed by atoms with Gasteiger partial charge in [0.25, 0.3) is 6.43 Å². The highest BCUT2D eigenvalue weighted by Crippen LogP contribution is 2.18. The molecule has 1 N–H and O–H groups in total. The quantitative estimate of drug-likeness (QED) is 0.721. The van der Waals surface area contributed by atoms with E-state index in [1.807, 2.05) is 0 Å². The van der Waals surface area contributed by atoms with E-state index < -0.39 is 6.43 Å². The molecule has 0 fully saturated rings. The van der Waals surface area contributed by atoms with E-state index in [9.17, 15) is 8.78 Å². The highest BCUT2D eigenvalue weighted by atomic mass is 19.3. The first-order chi connectivity index (χ1) is 8.59. The molecule has 0 aromatic heterocycles. The Morgan fingerprint density at radius 3 is 2.39 bits per heavy atom. The van der Waals surface area contributed by atoms with Crippen LogP contribution in [0.5, 0.6) is 0 Å². The van der Waals surface area contributed by atoms with Crippen LogP contribution in [-0.2, 0) is 11.3 Å². The summed E-state index contributed by atoms with van der Waals surface area (Å²) in [6.07, 6.45) is -2.39. The van der Waals surface area contributed by atoms with Crippen LogP contribution < -0.4 is 5.32 Å². The lowest BCUT2D eigenvalue weighted by molar-refractivity contribution is 0.111. The molecule has 1 rings (SSSR count). The number of alkyl halides is 2. The van der Waals surface area contributed by atoms with Crippen molar-refractivity contribution >= 4 is 0 Å². The molecule has 2 nitrogen and oxygen atoms in total. The SMILES string of the molecule is CC(C)COCCNCc1ccc(C(F)F)cc1. The summed E-state index contributed by atoms with van der Waals surface area (Å²) in [5, 5.41) is 3.21. The Labute approximate surface area is 107 Å². The Hall–Kier alpha value is -1.00. The van der Waals surface area contributed by atoms with Crippen molar-refractivity contribution in [1.29, 1.82) is 0 Å². The van der Waals surface area contributed by atoms with Gasteiger partial charge in [0.1, 0.15) is 0 Å². The number of halogens is 2. The molecule has 0 radical (unpaired) electrons. The second kappa shape index (κ2) is 8.16. The predicted molar refractivity (Wildman–Crippen MR) is 68.8 cm³/mol. The number of ether oxygens (including phenoxy) is 1. The molecule has 1 aromatic rings. The first-order valence-corrected chi connectivity index (χ1v) is 6.25. The highest BCUT2D eigenvalue weighted by molar-refractivity contribution is 5.23. The fourth-order valence-corrected chi connectivity index (χ4v) is 1.48. The molecule has 0 unspecified atom stereocenters. The van der Waals surface area contributed by atoms with E-state index in [-0.39, 0.29) is 5.56 Å². The third kappa shape index (κ3) is 6.07. The van der Waals surface area contributed by atoms with Crippen molar-refractivity contribution in [3.8, 4) is 0 Å². The number of benzene rings is 1. The van der Waals surface area contributed by atoms with Crippen molar-refractivity contribution < 1.29 is 13.5 Å². The normalized spacial score (nSPS) is 11.4. The maximum Gasteiger partial charge on any atom is 0.263 e. The van der Waals surface area contributed by atoms with E-state index in [1.54, 1.807) is 12.1 Å². The van der Waals surface area contributed by atoms with E-state index in [2.05, 4.69) is 19.2 Å². The predicted octanol–water partition coefficient (Wildman–Crippen LogP) is 3.39. The molecule has 1 aromatic carbocycles. The van der Waals surface area contributed by atoms with Crippen molar-refractivity contribution in [1.82, 2.24) is 5.32 Å². The van der Waals surface area contributed by atoms with Gasteiger partial charge in [-0.15, -0.1) is 0 Å². The van der Waals surface area contributed by atoms with Crippen molar-refractivity contribution in [2.24, 2.45) is 5.92 Å². The average molecular weight is 257 g/mol. The number of rotatable bonds is 8. The van der Waals surface area contributed by atoms with Crippen LogP contribution in [0.1, 0.15) is 31.4 Å². The van der Waals surface area contributed by atoms with Crippen LogP contribution in [0.3, 0.4) is 0 Å². The van der Waals surface area contributed by atoms with Gasteiger partial charge in [-0.1, -0.05) is 38.1 Å². The lowest BCUT2D eigenvalue weighted by Gasteiger charge is -2.08. The Balaban J connectivity index is 2.15. The Morgan fingerprint density at radius 2 is 1.83 bits per heavy atom. The van der Waals surface area contributed by atoms with Gasteiger partial charge in [-0.05, 0) is 11.5 Å². The lowest BCUT2D eigenvalue weighted by atomic mass is 10.1. The second-order valence-electron chi connectivity index (χ2n) is 4.69. The standard InChI is InChI=1S/C14H21F2NO/c1-11(2)10-18-8-7-17-9-12-3-5-13(6-4-12)14(15)16/h3-6,11,14,17H,7-10H2,1-2H3. The number of hydrogen-bond donors (Lipinski definition) is 1. The van der Waals surface area contributed by atoms with Crippen LogP contribution in [0, 0.1) is 5.92 Å². The van der Waals surface area contributed by atoms with E-state index in [1.165, 1.54) is 12.1 Å². The summed E-state index contributed by atoms with van der Waals surface area (Å²) in [5.74, 6) is 0.548. The van der Waals surface area contributed by atoms with E-state index >= 15 is 0 Å². The molecule has 0 heterocycles. The number of hydrogen-bond acceptors (Lipinski definition) is 2. The largest absolute Gasteiger partial charge is 0.380 e. The molecule has 0 spiro atoms. The van der Waals surface area contributed by atoms with Crippen LogP contribution in [0.25, 0.3) is 0 Å². The van der Waals surface area contributed by atoms with E-state index in [0.29, 0.717) is 19.1 Å². The highest BCUT2D eigenvalue weighted by Gasteiger charge is 2.05. The first-order valence-electron chi connectivity index (χ1n) is 6.25. The molecule has 0 amide bonds. The zero-order valence-electron chi connectivity index (χ0n) is 11.0. The van der Waals surface area contributed by atoms with Gasteiger partial charge in [0.05, 0.1) is 6.61 Å². The molecule has 102 valence electrons. The van der Waals surface area contributed by atoms with Crippen molar-refractivity contribution in [2.45, 2.75) is 26.8 Å². The molecule has 0 bridgehead atoms. The summed E-state index contributed by atoms with van der Waals surface area (Å²) in [6.45, 7) is 7.10. The maximum absolute atomic E-state index is 12.3. The molecular formula is C14H21F2NO. The van der Waals surface area contributed by atoms with E-state index in [4.69, 9.17) is 4.74 Å². The summed E-state index contributed by atoms with van der Waals surface area (Å²) in [7, 11) is 0. The molecule has 0 saturated carbocycles. The Kier molecular flexibility index (Phi) is 6.83. The molecule has 18 heavy (non-hydrogen) atoms. The molecular weight excluding hydrogens is 236 g/mol. The van der Waals surface area contributed by atoms with Gasteiger partial charge in [-0.25, -0.2) is 8.78 Å². The minimum absolute atomic E-state index is 0.0685. The minimum atomic E-state index is -2.39. The fourth-order valence-electron chi connectivity index (χ4n) is 1.48. The zero-order valence-corrected chi connectivity index (χ0v) is 11.0. The van der Waals surface area contributed by atoms with Crippen LogP contribution in [0.4, 0.5) is 8.78 Å². The summed E-state index contributed by atoms with van der Waals surface area (Å²) in [6, 6.07) is 6.39. The molecule has 0 aliphatic rings. The zero-order chi connectivity index (χ0) is 13.4. The monoisotopic (exact) mass is 257 g/mol. The summed E-state index contributed by atoms with van der Waals surface area (Å²) < 4.78 is 30.1. The van der Waals surface area contributed by atoms with Crippen LogP contribution in [0.15, 0.2) is 24.3 Å². The number of nitrogens with one attached hydrogen (secondary N) is 1. The molecule has 0 atom stereocenters. The van der Waals surface area contributed by atoms with Crippen molar-refractivity contribution in [3.63, 3.8) is 0 Å². The van der Waals surface area contributed by atoms with Crippen LogP contribution >= 0.6 is 0 Å². The van der Waals surface area contributed by atoms with Crippen molar-refractivity contribution in [2.75, 3.05) is 19.8 Å². The molecule has 0 aliphatic carbocycles. The topological polar surface area (TPSA) is 21.3 Å². The van der Waals surface area contributed by atoms with Gasteiger partial charge < -0.3 is 10.1 Å². The van der Waals surface area contributed by atoms with Crippen LogP contribution in [-0.4, -0.2) is 19.8 Å². The van der Waals surface area contributed by atoms with Gasteiger partial charge in [0.15, 0.2) is 0 Å². The smallest absolute Gasteiger partial charge is 0.263 e. The van der Waals surface area contributed by atoms with Gasteiger partial charge in [-0.2, -0.15) is 0 Å². The fraction of sp³-hybridized carbons (Fsp3) is 0.571. The second-order valence-corrected chi connectivity index (χ2v) is 4.69. The van der Waals surface area contributed by atoms with Gasteiger partial charge in [0.2, 0.25) is 0 Å². The molecule has 4 heteroatoms. The third-order valence-electron chi connectivity index (χ3n) is 2.44. The summed E-state index contributed by atoms with van der Waals surface area (Å²) in [4.78, 5) is 0. The summed E-state index contributed by atoms with van der Waals surface area (Å²) >= 11 is 0. The van der Waals surface area contributed by atoms with Gasteiger partial charge in [-0.3, -0.25) is 0 Å². The summed E-state index contributed by atoms with van der Waals surface area (Å²) in [5.41, 5.74) is 1.07. The maximum atomic E-state index is 12.3. The first kappa shape index (κ1) is 15.1. The molecule has 0 saturated heterocycles. The van der Waals surface area contributed by atoms with E-state index in [0.717, 1.165) is 18.7 Å². The third-order valence-corrected chi connectivity index (χ3v) is 2.44. The lowest BCUT2D eigenvalue weighted by Crippen LogP contribution is -2.20. The average Bonchev–Trinajstić information content (AvgIpc) is 2.34.